The molecule has 4 aromatic carbocycles. The average Bonchev–Trinajstić information content (AvgIpc) is 2.76. The molecule has 154 valence electrons. The molecule has 0 N–H and O–H groups in total. The van der Waals surface area contributed by atoms with Gasteiger partial charge in [0.25, 0.3) is 0 Å². The van der Waals surface area contributed by atoms with Gasteiger partial charge in [0, 0.05) is 12.3 Å². The number of nitrogens with zero attached hydrogens (tertiary/aromatic N) is 1. The maximum absolute atomic E-state index is 2.36. The zero-order valence-electron chi connectivity index (χ0n) is 18.3. The molecular weight excluding hydrogens is 382 g/mol. The summed E-state index contributed by atoms with van der Waals surface area (Å²) in [6.07, 6.45) is 2.54. The topological polar surface area (TPSA) is 3.24 Å². The first-order valence-corrected chi connectivity index (χ1v) is 12.1. The van der Waals surface area contributed by atoms with Crippen LogP contribution in [0.2, 0.25) is 0 Å². The number of hydrogen-bond donors (Lipinski definition) is 0. The minimum atomic E-state index is 0.936. The molecule has 0 unspecified atom stereocenters. The van der Waals surface area contributed by atoms with Crippen molar-refractivity contribution >= 4 is 33.3 Å². The molecule has 0 aliphatic heterocycles. The van der Waals surface area contributed by atoms with Gasteiger partial charge in [0.05, 0.1) is 0 Å². The zero-order valence-corrected chi connectivity index (χ0v) is 19.1. The lowest BCUT2D eigenvalue weighted by atomic mass is 9.87. The first-order valence-electron chi connectivity index (χ1n) is 10.9. The molecule has 0 radical (unpaired) electrons. The summed E-state index contributed by atoms with van der Waals surface area (Å²) in [5, 5.41) is 5.35. The summed E-state index contributed by atoms with van der Waals surface area (Å²) in [6.45, 7) is 3.21. The van der Waals surface area contributed by atoms with Crippen molar-refractivity contribution in [3.05, 3.63) is 83.9 Å². The highest BCUT2D eigenvalue weighted by atomic mass is 32.2. The fourth-order valence-corrected chi connectivity index (χ4v) is 5.34. The van der Waals surface area contributed by atoms with Crippen LogP contribution in [-0.2, 0) is 12.3 Å². The lowest BCUT2D eigenvalue weighted by Crippen LogP contribution is -2.12. The molecule has 0 atom stereocenters. The van der Waals surface area contributed by atoms with Crippen molar-refractivity contribution < 1.29 is 0 Å². The molecule has 0 aliphatic rings. The van der Waals surface area contributed by atoms with Gasteiger partial charge < -0.3 is 4.90 Å². The van der Waals surface area contributed by atoms with Crippen LogP contribution in [0.25, 0.3) is 32.7 Å². The van der Waals surface area contributed by atoms with E-state index in [2.05, 4.69) is 110 Å². The Bertz CT molecular complexity index is 1150. The number of hydrogen-bond acceptors (Lipinski definition) is 2. The van der Waals surface area contributed by atoms with Crippen LogP contribution < -0.4 is 0 Å². The largest absolute Gasteiger partial charge is 0.305 e. The molecule has 0 heterocycles. The van der Waals surface area contributed by atoms with Crippen molar-refractivity contribution in [3.8, 4) is 11.1 Å². The van der Waals surface area contributed by atoms with E-state index in [1.54, 1.807) is 0 Å². The highest BCUT2D eigenvalue weighted by Gasteiger charge is 2.17. The van der Waals surface area contributed by atoms with Gasteiger partial charge in [-0.05, 0) is 70.1 Å². The van der Waals surface area contributed by atoms with Crippen LogP contribution in [-0.4, -0.2) is 24.7 Å². The van der Waals surface area contributed by atoms with Gasteiger partial charge in [-0.2, -0.15) is 11.8 Å². The molecule has 30 heavy (non-hydrogen) atoms. The Morgan fingerprint density at radius 1 is 0.700 bits per heavy atom. The van der Waals surface area contributed by atoms with E-state index in [1.807, 2.05) is 0 Å². The van der Waals surface area contributed by atoms with E-state index in [-0.39, 0.29) is 0 Å². The van der Waals surface area contributed by atoms with Crippen LogP contribution in [0.3, 0.4) is 0 Å². The molecule has 4 aromatic rings. The number of unbranched alkanes of at least 4 members (excludes halogenated alkanes) is 1. The van der Waals surface area contributed by atoms with Crippen LogP contribution >= 0.6 is 11.8 Å². The molecule has 0 saturated carbocycles. The van der Waals surface area contributed by atoms with Crippen LogP contribution in [0.5, 0.6) is 0 Å². The van der Waals surface area contributed by atoms with E-state index in [1.165, 1.54) is 62.4 Å². The predicted molar refractivity (Wildman–Crippen MR) is 135 cm³/mol. The number of benzene rings is 4. The number of thioether (sulfide) groups is 1. The van der Waals surface area contributed by atoms with Crippen molar-refractivity contribution in [2.45, 2.75) is 32.1 Å². The first kappa shape index (κ1) is 21.0. The summed E-state index contributed by atoms with van der Waals surface area (Å²) in [4.78, 5) is 2.27. The lowest BCUT2D eigenvalue weighted by Gasteiger charge is -2.21. The highest BCUT2D eigenvalue weighted by Crippen LogP contribution is 2.40. The van der Waals surface area contributed by atoms with Gasteiger partial charge in [0.2, 0.25) is 0 Å². The van der Waals surface area contributed by atoms with Crippen molar-refractivity contribution in [2.24, 2.45) is 0 Å². The van der Waals surface area contributed by atoms with Crippen LogP contribution in [0, 0.1) is 0 Å². The van der Waals surface area contributed by atoms with Crippen LogP contribution in [0.1, 0.15) is 30.9 Å². The fourth-order valence-electron chi connectivity index (χ4n) is 4.25. The normalized spacial score (nSPS) is 11.6. The SMILES string of the molecule is CCCCSCc1ccc2ccccc2c1-c1c(CN(C)C)ccc2ccccc12. The van der Waals surface area contributed by atoms with E-state index < -0.39 is 0 Å². The van der Waals surface area contributed by atoms with Gasteiger partial charge in [0.15, 0.2) is 0 Å². The first-order chi connectivity index (χ1) is 14.7. The summed E-state index contributed by atoms with van der Waals surface area (Å²) < 4.78 is 0. The fraction of sp³-hybridized carbons (Fsp3) is 0.286. The maximum atomic E-state index is 2.36. The third-order valence-corrected chi connectivity index (χ3v) is 6.76. The molecule has 4 rings (SSSR count). The zero-order chi connectivity index (χ0) is 20.9. The van der Waals surface area contributed by atoms with Gasteiger partial charge in [-0.15, -0.1) is 0 Å². The molecule has 0 amide bonds. The third-order valence-electron chi connectivity index (χ3n) is 5.67. The van der Waals surface area contributed by atoms with Crippen LogP contribution in [0.4, 0.5) is 0 Å². The van der Waals surface area contributed by atoms with Gasteiger partial charge >= 0.3 is 0 Å². The maximum Gasteiger partial charge on any atom is 0.0234 e. The summed E-state index contributed by atoms with van der Waals surface area (Å²) in [6, 6.07) is 27.0. The molecule has 0 spiro atoms. The standard InChI is InChI=1S/C28H31NS/c1-4-5-18-30-20-24-17-15-22-11-7-9-13-26(22)28(24)27-23(19-29(2)3)16-14-21-10-6-8-12-25(21)27/h6-17H,4-5,18-20H2,1-3H3. The van der Waals surface area contributed by atoms with Crippen molar-refractivity contribution in [1.29, 1.82) is 0 Å². The Morgan fingerprint density at radius 2 is 1.27 bits per heavy atom. The molecule has 0 saturated heterocycles. The molecule has 0 fully saturated rings. The summed E-state index contributed by atoms with van der Waals surface area (Å²) in [7, 11) is 4.31. The smallest absolute Gasteiger partial charge is 0.0234 e. The Kier molecular flexibility index (Phi) is 6.76. The summed E-state index contributed by atoms with van der Waals surface area (Å²) in [5.41, 5.74) is 5.68. The second kappa shape index (κ2) is 9.68. The number of fused-ring (bicyclic) bond motifs is 2. The number of rotatable bonds is 8. The average molecular weight is 414 g/mol. The van der Waals surface area contributed by atoms with E-state index >= 15 is 0 Å². The quantitative estimate of drug-likeness (QED) is 0.272. The predicted octanol–water partition coefficient (Wildman–Crippen LogP) is 7.75. The van der Waals surface area contributed by atoms with E-state index in [0.717, 1.165) is 12.3 Å². The monoisotopic (exact) mass is 413 g/mol. The van der Waals surface area contributed by atoms with E-state index in [0.29, 0.717) is 0 Å². The van der Waals surface area contributed by atoms with E-state index in [9.17, 15) is 0 Å². The third kappa shape index (κ3) is 4.40. The van der Waals surface area contributed by atoms with Crippen molar-refractivity contribution in [3.63, 3.8) is 0 Å². The second-order valence-corrected chi connectivity index (χ2v) is 9.39. The molecule has 2 heteroatoms. The Hall–Kier alpha value is -2.29. The highest BCUT2D eigenvalue weighted by molar-refractivity contribution is 7.98. The molecule has 0 bridgehead atoms. The Labute approximate surface area is 185 Å². The minimum Gasteiger partial charge on any atom is -0.305 e. The lowest BCUT2D eigenvalue weighted by molar-refractivity contribution is 0.403. The second-order valence-electron chi connectivity index (χ2n) is 8.29. The van der Waals surface area contributed by atoms with Crippen molar-refractivity contribution in [2.75, 3.05) is 19.8 Å². The van der Waals surface area contributed by atoms with E-state index in [4.69, 9.17) is 0 Å². The van der Waals surface area contributed by atoms with Crippen LogP contribution in [0.15, 0.2) is 72.8 Å². The summed E-state index contributed by atoms with van der Waals surface area (Å²) in [5.74, 6) is 2.29. The van der Waals surface area contributed by atoms with Crippen molar-refractivity contribution in [1.82, 2.24) is 4.90 Å². The molecule has 0 aromatic heterocycles. The van der Waals surface area contributed by atoms with Gasteiger partial charge in [0.1, 0.15) is 0 Å². The Morgan fingerprint density at radius 3 is 1.87 bits per heavy atom. The molecule has 0 aliphatic carbocycles. The van der Waals surface area contributed by atoms with Gasteiger partial charge in [-0.3, -0.25) is 0 Å². The summed E-state index contributed by atoms with van der Waals surface area (Å²) >= 11 is 2.06. The minimum absolute atomic E-state index is 0.936. The Balaban J connectivity index is 1.98. The molecule has 1 nitrogen and oxygen atoms in total. The van der Waals surface area contributed by atoms with Gasteiger partial charge in [-0.1, -0.05) is 86.1 Å². The molecular formula is C28H31NS. The van der Waals surface area contributed by atoms with Gasteiger partial charge in [-0.25, -0.2) is 0 Å².